The van der Waals surface area contributed by atoms with Crippen LogP contribution in [-0.4, -0.2) is 18.0 Å². The van der Waals surface area contributed by atoms with Gasteiger partial charge in [0.15, 0.2) is 0 Å². The van der Waals surface area contributed by atoms with Gasteiger partial charge >= 0.3 is 6.03 Å². The van der Waals surface area contributed by atoms with Gasteiger partial charge in [-0.05, 0) is 31.4 Å². The fraction of sp³-hybridized carbons (Fsp3) is 0.462. The number of carbonyl (C=O) groups is 1. The summed E-state index contributed by atoms with van der Waals surface area (Å²) < 4.78 is 0. The van der Waals surface area contributed by atoms with E-state index in [2.05, 4.69) is 17.6 Å². The number of para-hydroxylation sites is 1. The standard InChI is InChI=1S/C13H19ClN2O/c1-10(8-11(2)14)9-15-13(17)16-12-6-4-3-5-7-12/h3-7,10-11H,8-9H2,1-2H3,(H2,15,16,17). The van der Waals surface area contributed by atoms with Crippen molar-refractivity contribution >= 4 is 23.3 Å². The first-order chi connectivity index (χ1) is 8.08. The van der Waals surface area contributed by atoms with E-state index in [1.54, 1.807) is 0 Å². The first kappa shape index (κ1) is 13.8. The van der Waals surface area contributed by atoms with Crippen LogP contribution in [0.5, 0.6) is 0 Å². The number of benzene rings is 1. The molecule has 0 radical (unpaired) electrons. The number of nitrogens with one attached hydrogen (secondary N) is 2. The Hall–Kier alpha value is -1.22. The molecule has 0 aliphatic carbocycles. The number of hydrogen-bond donors (Lipinski definition) is 2. The van der Waals surface area contributed by atoms with E-state index in [1.807, 2.05) is 37.3 Å². The van der Waals surface area contributed by atoms with Crippen LogP contribution in [-0.2, 0) is 0 Å². The van der Waals surface area contributed by atoms with Gasteiger partial charge in [0.25, 0.3) is 0 Å². The Morgan fingerprint density at radius 1 is 1.29 bits per heavy atom. The van der Waals surface area contributed by atoms with E-state index < -0.39 is 0 Å². The molecule has 2 N–H and O–H groups in total. The molecular formula is C13H19ClN2O. The first-order valence-corrected chi connectivity index (χ1v) is 6.25. The second-order valence-corrected chi connectivity index (χ2v) is 5.07. The smallest absolute Gasteiger partial charge is 0.319 e. The molecule has 0 saturated carbocycles. The summed E-state index contributed by atoms with van der Waals surface area (Å²) in [4.78, 5) is 11.5. The maximum Gasteiger partial charge on any atom is 0.319 e. The average molecular weight is 255 g/mol. The quantitative estimate of drug-likeness (QED) is 0.777. The van der Waals surface area contributed by atoms with E-state index in [0.29, 0.717) is 12.5 Å². The van der Waals surface area contributed by atoms with Gasteiger partial charge < -0.3 is 10.6 Å². The number of anilines is 1. The van der Waals surface area contributed by atoms with Gasteiger partial charge in [-0.2, -0.15) is 0 Å². The molecule has 2 unspecified atom stereocenters. The molecule has 0 aliphatic heterocycles. The van der Waals surface area contributed by atoms with E-state index in [9.17, 15) is 4.79 Å². The molecule has 1 aromatic carbocycles. The zero-order valence-electron chi connectivity index (χ0n) is 10.2. The summed E-state index contributed by atoms with van der Waals surface area (Å²) in [7, 11) is 0. The molecule has 0 aliphatic rings. The molecular weight excluding hydrogens is 236 g/mol. The number of hydrogen-bond acceptors (Lipinski definition) is 1. The molecule has 3 nitrogen and oxygen atoms in total. The lowest BCUT2D eigenvalue weighted by atomic mass is 10.1. The highest BCUT2D eigenvalue weighted by molar-refractivity contribution is 6.20. The van der Waals surface area contributed by atoms with Crippen molar-refractivity contribution < 1.29 is 4.79 Å². The van der Waals surface area contributed by atoms with Crippen molar-refractivity contribution in [2.45, 2.75) is 25.6 Å². The fourth-order valence-electron chi connectivity index (χ4n) is 1.60. The Morgan fingerprint density at radius 3 is 2.53 bits per heavy atom. The predicted molar refractivity (Wildman–Crippen MR) is 72.6 cm³/mol. The minimum Gasteiger partial charge on any atom is -0.338 e. The summed E-state index contributed by atoms with van der Waals surface area (Å²) in [5.74, 6) is 0.379. The van der Waals surface area contributed by atoms with Crippen molar-refractivity contribution in [3.05, 3.63) is 30.3 Å². The Morgan fingerprint density at radius 2 is 1.94 bits per heavy atom. The minimum absolute atomic E-state index is 0.143. The molecule has 0 aromatic heterocycles. The highest BCUT2D eigenvalue weighted by Gasteiger charge is 2.08. The van der Waals surface area contributed by atoms with Crippen molar-refractivity contribution in [1.82, 2.24) is 5.32 Å². The number of halogens is 1. The first-order valence-electron chi connectivity index (χ1n) is 5.82. The number of urea groups is 1. The van der Waals surface area contributed by atoms with Gasteiger partial charge in [-0.15, -0.1) is 11.6 Å². The number of amides is 2. The van der Waals surface area contributed by atoms with Crippen molar-refractivity contribution in [1.29, 1.82) is 0 Å². The van der Waals surface area contributed by atoms with Crippen LogP contribution in [0.3, 0.4) is 0 Å². The summed E-state index contributed by atoms with van der Waals surface area (Å²) in [6, 6.07) is 9.20. The molecule has 0 bridgehead atoms. The van der Waals surface area contributed by atoms with E-state index in [1.165, 1.54) is 0 Å². The molecule has 17 heavy (non-hydrogen) atoms. The molecule has 0 spiro atoms. The normalized spacial score (nSPS) is 13.8. The van der Waals surface area contributed by atoms with Crippen LogP contribution >= 0.6 is 11.6 Å². The molecule has 2 atom stereocenters. The van der Waals surface area contributed by atoms with E-state index in [4.69, 9.17) is 11.6 Å². The summed E-state index contributed by atoms with van der Waals surface area (Å²) in [5, 5.41) is 5.74. The van der Waals surface area contributed by atoms with Gasteiger partial charge in [0.05, 0.1) is 0 Å². The summed E-state index contributed by atoms with van der Waals surface area (Å²) in [6.07, 6.45) is 0.896. The summed E-state index contributed by atoms with van der Waals surface area (Å²) in [6.45, 7) is 4.67. The Balaban J connectivity index is 2.26. The molecule has 2 amide bonds. The van der Waals surface area contributed by atoms with E-state index >= 15 is 0 Å². The number of alkyl halides is 1. The van der Waals surface area contributed by atoms with Crippen LogP contribution < -0.4 is 10.6 Å². The highest BCUT2D eigenvalue weighted by atomic mass is 35.5. The summed E-state index contributed by atoms with van der Waals surface area (Å²) in [5.41, 5.74) is 0.795. The third-order valence-electron chi connectivity index (χ3n) is 2.37. The van der Waals surface area contributed by atoms with E-state index in [-0.39, 0.29) is 11.4 Å². The maximum absolute atomic E-state index is 11.5. The van der Waals surface area contributed by atoms with Crippen LogP contribution in [0.2, 0.25) is 0 Å². The van der Waals surface area contributed by atoms with Gasteiger partial charge in [0, 0.05) is 17.6 Å². The summed E-state index contributed by atoms with van der Waals surface area (Å²) >= 11 is 5.89. The molecule has 1 rings (SSSR count). The van der Waals surface area contributed by atoms with Crippen LogP contribution in [0, 0.1) is 5.92 Å². The second kappa shape index (κ2) is 7.17. The molecule has 94 valence electrons. The predicted octanol–water partition coefficient (Wildman–Crippen LogP) is 3.46. The molecule has 4 heteroatoms. The van der Waals surface area contributed by atoms with Crippen LogP contribution in [0.1, 0.15) is 20.3 Å². The van der Waals surface area contributed by atoms with Crippen molar-refractivity contribution in [2.75, 3.05) is 11.9 Å². The van der Waals surface area contributed by atoms with Crippen LogP contribution in [0.4, 0.5) is 10.5 Å². The lowest BCUT2D eigenvalue weighted by Gasteiger charge is -2.14. The third-order valence-corrected chi connectivity index (χ3v) is 2.55. The largest absolute Gasteiger partial charge is 0.338 e. The minimum atomic E-state index is -0.176. The number of carbonyl (C=O) groups excluding carboxylic acids is 1. The second-order valence-electron chi connectivity index (χ2n) is 4.32. The van der Waals surface area contributed by atoms with Crippen molar-refractivity contribution in [3.8, 4) is 0 Å². The number of rotatable bonds is 5. The molecule has 0 saturated heterocycles. The molecule has 0 fully saturated rings. The molecule has 0 heterocycles. The topological polar surface area (TPSA) is 41.1 Å². The monoisotopic (exact) mass is 254 g/mol. The zero-order valence-corrected chi connectivity index (χ0v) is 11.0. The van der Waals surface area contributed by atoms with Crippen molar-refractivity contribution in [3.63, 3.8) is 0 Å². The highest BCUT2D eigenvalue weighted by Crippen LogP contribution is 2.09. The fourth-order valence-corrected chi connectivity index (χ4v) is 1.91. The van der Waals surface area contributed by atoms with Gasteiger partial charge in [-0.25, -0.2) is 4.79 Å². The van der Waals surface area contributed by atoms with Gasteiger partial charge in [0.2, 0.25) is 0 Å². The maximum atomic E-state index is 11.5. The van der Waals surface area contributed by atoms with Crippen LogP contribution in [0.25, 0.3) is 0 Å². The zero-order chi connectivity index (χ0) is 12.7. The van der Waals surface area contributed by atoms with Gasteiger partial charge in [-0.1, -0.05) is 25.1 Å². The third kappa shape index (κ3) is 6.17. The molecule has 1 aromatic rings. The Kier molecular flexibility index (Phi) is 5.84. The lowest BCUT2D eigenvalue weighted by molar-refractivity contribution is 0.250. The SMILES string of the molecule is CC(Cl)CC(C)CNC(=O)Nc1ccccc1. The average Bonchev–Trinajstić information content (AvgIpc) is 2.27. The Bertz CT molecular complexity index is 341. The van der Waals surface area contributed by atoms with Crippen LogP contribution in [0.15, 0.2) is 30.3 Å². The van der Waals surface area contributed by atoms with Gasteiger partial charge in [-0.3, -0.25) is 0 Å². The Labute approximate surface area is 108 Å². The van der Waals surface area contributed by atoms with Gasteiger partial charge in [0.1, 0.15) is 0 Å². The van der Waals surface area contributed by atoms with E-state index in [0.717, 1.165) is 12.1 Å². The van der Waals surface area contributed by atoms with Crippen molar-refractivity contribution in [2.24, 2.45) is 5.92 Å². The lowest BCUT2D eigenvalue weighted by Crippen LogP contribution is -2.32.